The van der Waals surface area contributed by atoms with Crippen LogP contribution in [0.1, 0.15) is 39.0 Å². The third kappa shape index (κ3) is 5.32. The number of allylic oxidation sites excluding steroid dienone is 1. The normalized spacial score (nSPS) is 12.9. The lowest BCUT2D eigenvalue weighted by Gasteiger charge is -2.18. The molecule has 0 amide bonds. The van der Waals surface area contributed by atoms with E-state index in [2.05, 4.69) is 0 Å². The Kier molecular flexibility index (Phi) is 8.18. The fraction of sp³-hybridized carbons (Fsp3) is 0.360. The van der Waals surface area contributed by atoms with Gasteiger partial charge < -0.3 is 15.4 Å². The van der Waals surface area contributed by atoms with Gasteiger partial charge in [0.2, 0.25) is 0 Å². The molecule has 0 fully saturated rings. The van der Waals surface area contributed by atoms with Crippen LogP contribution >= 0.6 is 12.4 Å². The zero-order valence-corrected chi connectivity index (χ0v) is 21.2. The molecule has 0 aliphatic carbocycles. The average molecular weight is 495 g/mol. The molecule has 0 saturated heterocycles. The first-order valence-corrected chi connectivity index (χ1v) is 12.2. The van der Waals surface area contributed by atoms with Gasteiger partial charge in [0, 0.05) is 28.7 Å². The summed E-state index contributed by atoms with van der Waals surface area (Å²) in [7, 11) is -3.45. The predicted molar refractivity (Wildman–Crippen MR) is 135 cm³/mol. The van der Waals surface area contributed by atoms with Gasteiger partial charge in [0.15, 0.2) is 9.84 Å². The van der Waals surface area contributed by atoms with Crippen molar-refractivity contribution < 1.29 is 17.9 Å². The maximum absolute atomic E-state index is 14.4. The minimum Gasteiger partial charge on any atom is -0.386 e. The number of hydrogen-bond acceptors (Lipinski definition) is 4. The maximum atomic E-state index is 14.4. The van der Waals surface area contributed by atoms with E-state index in [1.165, 1.54) is 6.08 Å². The van der Waals surface area contributed by atoms with Crippen molar-refractivity contribution in [2.75, 3.05) is 6.54 Å². The molecule has 3 aromatic rings. The van der Waals surface area contributed by atoms with Crippen molar-refractivity contribution in [3.05, 3.63) is 65.6 Å². The van der Waals surface area contributed by atoms with Gasteiger partial charge in [-0.25, -0.2) is 12.8 Å². The topological polar surface area (TPSA) is 85.3 Å². The summed E-state index contributed by atoms with van der Waals surface area (Å²) in [6.45, 7) is 8.73. The highest BCUT2D eigenvalue weighted by atomic mass is 35.5. The Balaban J connectivity index is 0.00000385. The second kappa shape index (κ2) is 9.97. The van der Waals surface area contributed by atoms with E-state index in [0.717, 1.165) is 27.7 Å². The fourth-order valence-electron chi connectivity index (χ4n) is 3.88. The van der Waals surface area contributed by atoms with Gasteiger partial charge in [0.1, 0.15) is 5.83 Å². The Morgan fingerprint density at radius 3 is 2.45 bits per heavy atom. The van der Waals surface area contributed by atoms with E-state index < -0.39 is 20.7 Å². The number of nitrogens with zero attached hydrogens (tertiary/aromatic N) is 1. The fourth-order valence-corrected chi connectivity index (χ4v) is 4.98. The molecule has 3 rings (SSSR count). The summed E-state index contributed by atoms with van der Waals surface area (Å²) < 4.78 is 41.8. The summed E-state index contributed by atoms with van der Waals surface area (Å²) in [4.78, 5) is 0.248. The minimum atomic E-state index is -3.45. The molecular weight excluding hydrogens is 463 g/mol. The number of aliphatic hydroxyl groups is 1. The number of aromatic nitrogens is 1. The van der Waals surface area contributed by atoms with Crippen LogP contribution in [0.5, 0.6) is 0 Å². The highest BCUT2D eigenvalue weighted by Crippen LogP contribution is 2.38. The van der Waals surface area contributed by atoms with Gasteiger partial charge in [-0.05, 0) is 76.1 Å². The first kappa shape index (κ1) is 27.1. The molecule has 2 aromatic carbocycles. The van der Waals surface area contributed by atoms with Gasteiger partial charge in [0.05, 0.1) is 22.3 Å². The average Bonchev–Trinajstić information content (AvgIpc) is 2.98. The quantitative estimate of drug-likeness (QED) is 0.469. The molecule has 1 heterocycles. The van der Waals surface area contributed by atoms with Gasteiger partial charge in [0.25, 0.3) is 0 Å². The second-order valence-corrected chi connectivity index (χ2v) is 11.4. The Bertz CT molecular complexity index is 1290. The van der Waals surface area contributed by atoms with Crippen molar-refractivity contribution in [2.45, 2.75) is 56.9 Å². The molecule has 0 spiro atoms. The van der Waals surface area contributed by atoms with E-state index in [4.69, 9.17) is 5.73 Å². The van der Waals surface area contributed by atoms with Crippen LogP contribution in [0.4, 0.5) is 4.39 Å². The highest BCUT2D eigenvalue weighted by molar-refractivity contribution is 7.92. The molecule has 1 aromatic heterocycles. The Hall–Kier alpha value is -2.19. The third-order valence-electron chi connectivity index (χ3n) is 5.75. The van der Waals surface area contributed by atoms with Crippen molar-refractivity contribution in [2.24, 2.45) is 5.73 Å². The van der Waals surface area contributed by atoms with Crippen molar-refractivity contribution in [3.8, 4) is 11.1 Å². The number of hydrogen-bond donors (Lipinski definition) is 2. The predicted octanol–water partition coefficient (Wildman–Crippen LogP) is 5.26. The highest BCUT2D eigenvalue weighted by Gasteiger charge is 2.24. The lowest BCUT2D eigenvalue weighted by atomic mass is 9.94. The number of benzene rings is 2. The molecule has 8 heteroatoms. The van der Waals surface area contributed by atoms with E-state index in [1.54, 1.807) is 45.9 Å². The van der Waals surface area contributed by atoms with Gasteiger partial charge in [-0.15, -0.1) is 12.4 Å². The lowest BCUT2D eigenvalue weighted by molar-refractivity contribution is 0.0787. The third-order valence-corrected chi connectivity index (χ3v) is 7.90. The van der Waals surface area contributed by atoms with Crippen LogP contribution in [-0.2, 0) is 22.0 Å². The van der Waals surface area contributed by atoms with E-state index in [1.807, 2.05) is 35.8 Å². The molecule has 3 N–H and O–H groups in total. The molecule has 180 valence electrons. The summed E-state index contributed by atoms with van der Waals surface area (Å²) in [6.07, 6.45) is 1.34. The number of nitrogens with two attached hydrogens (primary N) is 1. The minimum absolute atomic E-state index is 0. The van der Waals surface area contributed by atoms with E-state index >= 15 is 0 Å². The van der Waals surface area contributed by atoms with E-state index in [-0.39, 0.29) is 36.2 Å². The van der Waals surface area contributed by atoms with Crippen LogP contribution in [-0.4, -0.2) is 29.9 Å². The summed E-state index contributed by atoms with van der Waals surface area (Å²) in [5, 5.41) is 10.8. The molecule has 0 radical (unpaired) electrons. The number of sulfone groups is 1. The SMILES string of the molecule is Cc1c(-c2cccc(S(=O)(=O)C(C)C)c2)c2cc(C(C)(C)O)ccc2n1C/C(F)=C/CN.Cl. The van der Waals surface area contributed by atoms with Crippen LogP contribution in [0.2, 0.25) is 0 Å². The summed E-state index contributed by atoms with van der Waals surface area (Å²) >= 11 is 0. The Morgan fingerprint density at radius 2 is 1.88 bits per heavy atom. The molecular formula is C25H32ClFN2O3S. The van der Waals surface area contributed by atoms with Crippen LogP contribution in [0.15, 0.2) is 59.3 Å². The lowest BCUT2D eigenvalue weighted by Crippen LogP contribution is -2.15. The van der Waals surface area contributed by atoms with Gasteiger partial charge in [-0.3, -0.25) is 0 Å². The molecule has 0 aliphatic rings. The summed E-state index contributed by atoms with van der Waals surface area (Å²) in [5.41, 5.74) is 8.26. The first-order chi connectivity index (χ1) is 14.9. The standard InChI is InChI=1S/C25H31FN2O3S.ClH/c1-16(2)32(30,31)21-8-6-7-18(13-21)24-17(3)28(15-20(26)11-12-27)23-10-9-19(14-22(23)24)25(4,5)29;/h6-11,13-14,16,29H,12,15,27H2,1-5H3;1H/b20-11-;. The number of halogens is 2. The molecule has 0 bridgehead atoms. The van der Waals surface area contributed by atoms with Crippen LogP contribution in [0.25, 0.3) is 22.0 Å². The second-order valence-electron chi connectivity index (χ2n) is 8.85. The molecule has 5 nitrogen and oxygen atoms in total. The first-order valence-electron chi connectivity index (χ1n) is 10.6. The molecule has 0 aliphatic heterocycles. The van der Waals surface area contributed by atoms with E-state index in [0.29, 0.717) is 5.56 Å². The van der Waals surface area contributed by atoms with Gasteiger partial charge in [-0.1, -0.05) is 18.2 Å². The molecule has 0 unspecified atom stereocenters. The maximum Gasteiger partial charge on any atom is 0.180 e. The van der Waals surface area contributed by atoms with Gasteiger partial charge in [-0.2, -0.15) is 0 Å². The smallest absolute Gasteiger partial charge is 0.180 e. The van der Waals surface area contributed by atoms with Crippen molar-refractivity contribution in [1.82, 2.24) is 4.57 Å². The zero-order chi connectivity index (χ0) is 23.8. The Labute approximate surface area is 201 Å². The van der Waals surface area contributed by atoms with Crippen LogP contribution in [0.3, 0.4) is 0 Å². The van der Waals surface area contributed by atoms with Crippen LogP contribution < -0.4 is 5.73 Å². The summed E-state index contributed by atoms with van der Waals surface area (Å²) in [5.74, 6) is -0.346. The van der Waals surface area contributed by atoms with Crippen molar-refractivity contribution in [3.63, 3.8) is 0 Å². The molecule has 0 saturated carbocycles. The monoisotopic (exact) mass is 494 g/mol. The summed E-state index contributed by atoms with van der Waals surface area (Å²) in [6, 6.07) is 12.4. The van der Waals surface area contributed by atoms with Crippen molar-refractivity contribution >= 4 is 33.1 Å². The molecule has 0 atom stereocenters. The number of fused-ring (bicyclic) bond motifs is 1. The Morgan fingerprint density at radius 1 is 1.21 bits per heavy atom. The van der Waals surface area contributed by atoms with Crippen LogP contribution in [0, 0.1) is 6.92 Å². The van der Waals surface area contributed by atoms with E-state index in [9.17, 15) is 17.9 Å². The number of rotatable bonds is 7. The van der Waals surface area contributed by atoms with Crippen molar-refractivity contribution in [1.29, 1.82) is 0 Å². The largest absolute Gasteiger partial charge is 0.386 e. The zero-order valence-electron chi connectivity index (χ0n) is 19.6. The molecule has 33 heavy (non-hydrogen) atoms. The van der Waals surface area contributed by atoms with Gasteiger partial charge >= 0.3 is 0 Å².